The standard InChI is InChI=1S/C13H18F3NO2S/c1-10(6-5-9-13(14,15)16)17-11-7-3-4-8-12(11)20(2,18)19/h3-4,7-8,10,17H,5-6,9H2,1-2H3. The number of alkyl halides is 3. The highest BCUT2D eigenvalue weighted by molar-refractivity contribution is 7.90. The fourth-order valence-corrected chi connectivity index (χ4v) is 2.71. The molecule has 7 heteroatoms. The third kappa shape index (κ3) is 5.81. The third-order valence-corrected chi connectivity index (χ3v) is 3.94. The Morgan fingerprint density at radius 2 is 1.85 bits per heavy atom. The summed E-state index contributed by atoms with van der Waals surface area (Å²) in [5.41, 5.74) is 0.425. The zero-order chi connectivity index (χ0) is 15.4. The Bertz CT molecular complexity index is 541. The van der Waals surface area contributed by atoms with Crippen LogP contribution in [0.4, 0.5) is 18.9 Å². The molecule has 0 aliphatic rings. The van der Waals surface area contributed by atoms with Gasteiger partial charge < -0.3 is 5.32 Å². The first-order valence-electron chi connectivity index (χ1n) is 6.22. The fraction of sp³-hybridized carbons (Fsp3) is 0.538. The summed E-state index contributed by atoms with van der Waals surface area (Å²) in [6.07, 6.45) is -3.55. The van der Waals surface area contributed by atoms with Gasteiger partial charge in [0.2, 0.25) is 0 Å². The van der Waals surface area contributed by atoms with Crippen LogP contribution in [-0.2, 0) is 9.84 Å². The van der Waals surface area contributed by atoms with Crippen LogP contribution in [0.2, 0.25) is 0 Å². The van der Waals surface area contributed by atoms with Crippen LogP contribution in [-0.4, -0.2) is 26.9 Å². The van der Waals surface area contributed by atoms with Crippen LogP contribution >= 0.6 is 0 Å². The molecule has 0 fully saturated rings. The molecule has 0 spiro atoms. The Morgan fingerprint density at radius 3 is 2.40 bits per heavy atom. The van der Waals surface area contributed by atoms with Gasteiger partial charge in [-0.05, 0) is 31.9 Å². The van der Waals surface area contributed by atoms with Gasteiger partial charge in [0.1, 0.15) is 0 Å². The molecule has 0 amide bonds. The minimum atomic E-state index is -4.15. The minimum Gasteiger partial charge on any atom is -0.382 e. The topological polar surface area (TPSA) is 46.2 Å². The maximum Gasteiger partial charge on any atom is 0.389 e. The van der Waals surface area contributed by atoms with Gasteiger partial charge in [-0.15, -0.1) is 0 Å². The maximum absolute atomic E-state index is 12.1. The number of anilines is 1. The first-order chi connectivity index (χ1) is 9.09. The lowest BCUT2D eigenvalue weighted by Crippen LogP contribution is -2.18. The van der Waals surface area contributed by atoms with Crippen molar-refractivity contribution in [2.45, 2.75) is 43.3 Å². The molecule has 20 heavy (non-hydrogen) atoms. The highest BCUT2D eigenvalue weighted by Gasteiger charge is 2.26. The van der Waals surface area contributed by atoms with Crippen molar-refractivity contribution in [1.82, 2.24) is 0 Å². The molecule has 0 aliphatic carbocycles. The Kier molecular flexibility index (Phi) is 5.44. The van der Waals surface area contributed by atoms with Crippen LogP contribution in [0.3, 0.4) is 0 Å². The van der Waals surface area contributed by atoms with E-state index in [4.69, 9.17) is 0 Å². The van der Waals surface area contributed by atoms with Crippen molar-refractivity contribution in [3.63, 3.8) is 0 Å². The van der Waals surface area contributed by atoms with Gasteiger partial charge in [-0.25, -0.2) is 8.42 Å². The molecule has 1 atom stereocenters. The van der Waals surface area contributed by atoms with Crippen molar-refractivity contribution in [1.29, 1.82) is 0 Å². The predicted octanol–water partition coefficient (Wildman–Crippen LogP) is 3.62. The zero-order valence-corrected chi connectivity index (χ0v) is 12.2. The molecule has 0 bridgehead atoms. The normalized spacial score (nSPS) is 14.1. The van der Waals surface area contributed by atoms with E-state index in [-0.39, 0.29) is 17.4 Å². The van der Waals surface area contributed by atoms with Crippen molar-refractivity contribution in [2.24, 2.45) is 0 Å². The molecule has 0 aromatic heterocycles. The summed E-state index contributed by atoms with van der Waals surface area (Å²) in [6.45, 7) is 1.73. The lowest BCUT2D eigenvalue weighted by Gasteiger charge is -2.17. The molecule has 1 N–H and O–H groups in total. The summed E-state index contributed by atoms with van der Waals surface area (Å²) < 4.78 is 59.3. The second-order valence-electron chi connectivity index (χ2n) is 4.82. The first-order valence-corrected chi connectivity index (χ1v) is 8.11. The predicted molar refractivity (Wildman–Crippen MR) is 72.5 cm³/mol. The number of para-hydroxylation sites is 1. The largest absolute Gasteiger partial charge is 0.389 e. The maximum atomic E-state index is 12.1. The van der Waals surface area contributed by atoms with E-state index in [0.29, 0.717) is 12.1 Å². The Labute approximate surface area is 117 Å². The highest BCUT2D eigenvalue weighted by atomic mass is 32.2. The highest BCUT2D eigenvalue weighted by Crippen LogP contribution is 2.25. The number of sulfone groups is 1. The molecular weight excluding hydrogens is 291 g/mol. The molecule has 0 radical (unpaired) electrons. The van der Waals surface area contributed by atoms with E-state index in [1.54, 1.807) is 25.1 Å². The van der Waals surface area contributed by atoms with Crippen molar-refractivity contribution < 1.29 is 21.6 Å². The van der Waals surface area contributed by atoms with E-state index < -0.39 is 22.4 Å². The van der Waals surface area contributed by atoms with Crippen LogP contribution in [0.25, 0.3) is 0 Å². The average molecular weight is 309 g/mol. The van der Waals surface area contributed by atoms with Gasteiger partial charge in [-0.1, -0.05) is 12.1 Å². The smallest absolute Gasteiger partial charge is 0.382 e. The molecule has 0 saturated carbocycles. The van der Waals surface area contributed by atoms with Gasteiger partial charge >= 0.3 is 6.18 Å². The average Bonchev–Trinajstić information content (AvgIpc) is 2.26. The number of hydrogen-bond donors (Lipinski definition) is 1. The molecular formula is C13H18F3NO2S. The lowest BCUT2D eigenvalue weighted by atomic mass is 10.1. The van der Waals surface area contributed by atoms with Crippen molar-refractivity contribution >= 4 is 15.5 Å². The summed E-state index contributed by atoms with van der Waals surface area (Å²) in [6, 6.07) is 6.13. The van der Waals surface area contributed by atoms with E-state index in [0.717, 1.165) is 6.26 Å². The van der Waals surface area contributed by atoms with E-state index in [2.05, 4.69) is 5.32 Å². The molecule has 3 nitrogen and oxygen atoms in total. The van der Waals surface area contributed by atoms with Crippen molar-refractivity contribution in [3.05, 3.63) is 24.3 Å². The third-order valence-electron chi connectivity index (χ3n) is 2.79. The summed E-state index contributed by atoms with van der Waals surface area (Å²) >= 11 is 0. The summed E-state index contributed by atoms with van der Waals surface area (Å²) in [5.74, 6) is 0. The lowest BCUT2D eigenvalue weighted by molar-refractivity contribution is -0.135. The number of rotatable bonds is 6. The Morgan fingerprint density at radius 1 is 1.25 bits per heavy atom. The van der Waals surface area contributed by atoms with Crippen molar-refractivity contribution in [2.75, 3.05) is 11.6 Å². The van der Waals surface area contributed by atoms with Crippen LogP contribution in [0.1, 0.15) is 26.2 Å². The molecule has 0 aliphatic heterocycles. The van der Waals surface area contributed by atoms with Gasteiger partial charge in [-0.3, -0.25) is 0 Å². The van der Waals surface area contributed by atoms with E-state index in [1.807, 2.05) is 0 Å². The summed E-state index contributed by atoms with van der Waals surface area (Å²) in [4.78, 5) is 0.155. The molecule has 114 valence electrons. The van der Waals surface area contributed by atoms with Gasteiger partial charge in [-0.2, -0.15) is 13.2 Å². The van der Waals surface area contributed by atoms with Gasteiger partial charge in [0.15, 0.2) is 9.84 Å². The number of benzene rings is 1. The Balaban J connectivity index is 2.65. The van der Waals surface area contributed by atoms with Crippen LogP contribution < -0.4 is 5.32 Å². The van der Waals surface area contributed by atoms with E-state index >= 15 is 0 Å². The van der Waals surface area contributed by atoms with Gasteiger partial charge in [0.25, 0.3) is 0 Å². The second-order valence-corrected chi connectivity index (χ2v) is 6.81. The van der Waals surface area contributed by atoms with E-state index in [1.165, 1.54) is 6.07 Å². The first kappa shape index (κ1) is 16.8. The second kappa shape index (κ2) is 6.47. The number of halogens is 3. The molecule has 1 rings (SSSR count). The fourth-order valence-electron chi connectivity index (χ4n) is 1.86. The number of nitrogens with one attached hydrogen (secondary N) is 1. The molecule has 1 aromatic rings. The van der Waals surface area contributed by atoms with Crippen LogP contribution in [0.5, 0.6) is 0 Å². The SMILES string of the molecule is CC(CCCC(F)(F)F)Nc1ccccc1S(C)(=O)=O. The monoisotopic (exact) mass is 309 g/mol. The zero-order valence-electron chi connectivity index (χ0n) is 11.4. The molecule has 0 heterocycles. The minimum absolute atomic E-state index is 0.0126. The summed E-state index contributed by atoms with van der Waals surface area (Å²) in [7, 11) is -3.37. The molecule has 1 unspecified atom stereocenters. The van der Waals surface area contributed by atoms with Gasteiger partial charge in [0, 0.05) is 18.7 Å². The quantitative estimate of drug-likeness (QED) is 0.873. The Hall–Kier alpha value is -1.24. The van der Waals surface area contributed by atoms with Crippen LogP contribution in [0, 0.1) is 0 Å². The number of hydrogen-bond acceptors (Lipinski definition) is 3. The van der Waals surface area contributed by atoms with E-state index in [9.17, 15) is 21.6 Å². The molecule has 1 aromatic carbocycles. The molecule has 0 saturated heterocycles. The van der Waals surface area contributed by atoms with Crippen LogP contribution in [0.15, 0.2) is 29.2 Å². The van der Waals surface area contributed by atoms with Crippen molar-refractivity contribution in [3.8, 4) is 0 Å². The van der Waals surface area contributed by atoms with Gasteiger partial charge in [0.05, 0.1) is 10.6 Å². The summed E-state index contributed by atoms with van der Waals surface area (Å²) in [5, 5.41) is 2.96.